The Balaban J connectivity index is 2.65. The Labute approximate surface area is 110 Å². The van der Waals surface area contributed by atoms with Gasteiger partial charge in [0.1, 0.15) is 0 Å². The summed E-state index contributed by atoms with van der Waals surface area (Å²) < 4.78 is 10.6. The van der Waals surface area contributed by atoms with Gasteiger partial charge in [-0.2, -0.15) is 0 Å². The number of rotatable bonds is 7. The molecule has 0 bridgehead atoms. The molecule has 0 heterocycles. The zero-order valence-electron chi connectivity index (χ0n) is 12.1. The van der Waals surface area contributed by atoms with Crippen LogP contribution in [0.15, 0.2) is 18.2 Å². The highest BCUT2D eigenvalue weighted by Crippen LogP contribution is 2.30. The second-order valence-corrected chi connectivity index (χ2v) is 5.07. The van der Waals surface area contributed by atoms with Gasteiger partial charge in [0.25, 0.3) is 0 Å². The molecule has 0 fully saturated rings. The minimum absolute atomic E-state index is 0.462. The quantitative estimate of drug-likeness (QED) is 0.808. The van der Waals surface area contributed by atoms with E-state index in [0.29, 0.717) is 11.8 Å². The summed E-state index contributed by atoms with van der Waals surface area (Å²) in [5.74, 6) is 2.72. The number of nitrogens with one attached hydrogen (secondary N) is 1. The van der Waals surface area contributed by atoms with Crippen LogP contribution in [0.25, 0.3) is 0 Å². The highest BCUT2D eigenvalue weighted by atomic mass is 16.5. The van der Waals surface area contributed by atoms with Crippen molar-refractivity contribution in [3.05, 3.63) is 23.8 Å². The summed E-state index contributed by atoms with van der Waals surface area (Å²) in [6.45, 7) is 8.68. The molecule has 1 atom stereocenters. The molecule has 1 rings (SSSR count). The molecule has 0 spiro atoms. The lowest BCUT2D eigenvalue weighted by Crippen LogP contribution is -2.24. The van der Waals surface area contributed by atoms with E-state index < -0.39 is 0 Å². The highest BCUT2D eigenvalue weighted by Gasteiger charge is 2.10. The largest absolute Gasteiger partial charge is 0.493 e. The van der Waals surface area contributed by atoms with Gasteiger partial charge >= 0.3 is 0 Å². The fraction of sp³-hybridized carbons (Fsp3) is 0.600. The van der Waals surface area contributed by atoms with Crippen LogP contribution in [0, 0.1) is 5.92 Å². The minimum atomic E-state index is 0.462. The van der Waals surface area contributed by atoms with Gasteiger partial charge in [-0.1, -0.05) is 26.8 Å². The molecule has 18 heavy (non-hydrogen) atoms. The van der Waals surface area contributed by atoms with E-state index in [2.05, 4.69) is 38.2 Å². The maximum Gasteiger partial charge on any atom is 0.160 e. The van der Waals surface area contributed by atoms with E-state index in [1.165, 1.54) is 5.56 Å². The van der Waals surface area contributed by atoms with Gasteiger partial charge in [-0.05, 0) is 36.1 Å². The Morgan fingerprint density at radius 1 is 1.00 bits per heavy atom. The number of ether oxygens (including phenoxy) is 2. The van der Waals surface area contributed by atoms with Crippen LogP contribution in [0.5, 0.6) is 11.5 Å². The summed E-state index contributed by atoms with van der Waals surface area (Å²) in [6.07, 6.45) is 0. The van der Waals surface area contributed by atoms with Crippen LogP contribution in [0.2, 0.25) is 0 Å². The average molecular weight is 251 g/mol. The maximum atomic E-state index is 5.32. The average Bonchev–Trinajstić information content (AvgIpc) is 2.37. The standard InChI is InChI=1S/C15H25NO2/c1-11(2)9-16-10-12(3)13-6-7-14(17-4)15(8-13)18-5/h6-8,11-12,16H,9-10H2,1-5H3. The lowest BCUT2D eigenvalue weighted by molar-refractivity contribution is 0.354. The monoisotopic (exact) mass is 251 g/mol. The summed E-state index contributed by atoms with van der Waals surface area (Å²) in [5, 5.41) is 3.48. The summed E-state index contributed by atoms with van der Waals surface area (Å²) in [4.78, 5) is 0. The highest BCUT2D eigenvalue weighted by molar-refractivity contribution is 5.43. The minimum Gasteiger partial charge on any atom is -0.493 e. The summed E-state index contributed by atoms with van der Waals surface area (Å²) >= 11 is 0. The Kier molecular flexibility index (Phi) is 5.99. The molecule has 1 unspecified atom stereocenters. The van der Waals surface area contributed by atoms with Gasteiger partial charge in [0, 0.05) is 6.54 Å². The van der Waals surface area contributed by atoms with Gasteiger partial charge in [0.05, 0.1) is 14.2 Å². The van der Waals surface area contributed by atoms with Crippen LogP contribution < -0.4 is 14.8 Å². The van der Waals surface area contributed by atoms with Gasteiger partial charge in [0.2, 0.25) is 0 Å². The van der Waals surface area contributed by atoms with Gasteiger partial charge in [-0.3, -0.25) is 0 Å². The zero-order chi connectivity index (χ0) is 13.5. The van der Waals surface area contributed by atoms with Gasteiger partial charge < -0.3 is 14.8 Å². The first-order chi connectivity index (χ1) is 8.58. The third kappa shape index (κ3) is 4.22. The second-order valence-electron chi connectivity index (χ2n) is 5.07. The second kappa shape index (κ2) is 7.27. The van der Waals surface area contributed by atoms with E-state index in [1.807, 2.05) is 6.07 Å². The van der Waals surface area contributed by atoms with Crippen LogP contribution >= 0.6 is 0 Å². The molecule has 0 aliphatic heterocycles. The first kappa shape index (κ1) is 14.8. The van der Waals surface area contributed by atoms with Crippen molar-refractivity contribution in [2.45, 2.75) is 26.7 Å². The Morgan fingerprint density at radius 2 is 1.67 bits per heavy atom. The van der Waals surface area contributed by atoms with E-state index in [-0.39, 0.29) is 0 Å². The van der Waals surface area contributed by atoms with Gasteiger partial charge in [0.15, 0.2) is 11.5 Å². The normalized spacial score (nSPS) is 12.6. The van der Waals surface area contributed by atoms with E-state index >= 15 is 0 Å². The third-order valence-electron chi connectivity index (χ3n) is 2.98. The van der Waals surface area contributed by atoms with Gasteiger partial charge in [-0.25, -0.2) is 0 Å². The Bertz CT molecular complexity index is 364. The van der Waals surface area contributed by atoms with Crippen molar-refractivity contribution in [1.82, 2.24) is 5.32 Å². The maximum absolute atomic E-state index is 5.32. The first-order valence-electron chi connectivity index (χ1n) is 6.51. The lowest BCUT2D eigenvalue weighted by atomic mass is 10.0. The number of methoxy groups -OCH3 is 2. The van der Waals surface area contributed by atoms with Crippen LogP contribution in [0.3, 0.4) is 0 Å². The van der Waals surface area contributed by atoms with Crippen LogP contribution in [0.4, 0.5) is 0 Å². The molecule has 0 radical (unpaired) electrons. The SMILES string of the molecule is COc1ccc(C(C)CNCC(C)C)cc1OC. The van der Waals surface area contributed by atoms with E-state index in [0.717, 1.165) is 24.6 Å². The lowest BCUT2D eigenvalue weighted by Gasteiger charge is -2.16. The smallest absolute Gasteiger partial charge is 0.160 e. The van der Waals surface area contributed by atoms with E-state index in [4.69, 9.17) is 9.47 Å². The summed E-state index contributed by atoms with van der Waals surface area (Å²) in [7, 11) is 3.33. The molecule has 3 nitrogen and oxygen atoms in total. The molecule has 0 aliphatic rings. The Hall–Kier alpha value is -1.22. The molecule has 3 heteroatoms. The van der Waals surface area contributed by atoms with Crippen molar-refractivity contribution < 1.29 is 9.47 Å². The molecule has 0 amide bonds. The zero-order valence-corrected chi connectivity index (χ0v) is 12.1. The number of hydrogen-bond donors (Lipinski definition) is 1. The predicted octanol–water partition coefficient (Wildman–Crippen LogP) is 3.05. The number of benzene rings is 1. The van der Waals surface area contributed by atoms with Gasteiger partial charge in [-0.15, -0.1) is 0 Å². The molecule has 0 saturated heterocycles. The molecule has 1 aromatic rings. The van der Waals surface area contributed by atoms with Crippen molar-refractivity contribution in [3.63, 3.8) is 0 Å². The summed E-state index contributed by atoms with van der Waals surface area (Å²) in [5.41, 5.74) is 1.27. The van der Waals surface area contributed by atoms with Crippen molar-refractivity contribution in [2.24, 2.45) is 5.92 Å². The molecule has 1 aromatic carbocycles. The van der Waals surface area contributed by atoms with Crippen molar-refractivity contribution in [1.29, 1.82) is 0 Å². The molecular weight excluding hydrogens is 226 g/mol. The van der Waals surface area contributed by atoms with Crippen LogP contribution in [-0.4, -0.2) is 27.3 Å². The predicted molar refractivity (Wildman–Crippen MR) is 75.7 cm³/mol. The molecule has 1 N–H and O–H groups in total. The molecule has 0 aliphatic carbocycles. The topological polar surface area (TPSA) is 30.5 Å². The molecule has 0 saturated carbocycles. The molecule has 102 valence electrons. The molecular formula is C15H25NO2. The number of hydrogen-bond acceptors (Lipinski definition) is 3. The van der Waals surface area contributed by atoms with Crippen molar-refractivity contribution in [3.8, 4) is 11.5 Å². The van der Waals surface area contributed by atoms with Crippen molar-refractivity contribution in [2.75, 3.05) is 27.3 Å². The summed E-state index contributed by atoms with van der Waals surface area (Å²) in [6, 6.07) is 6.12. The van der Waals surface area contributed by atoms with E-state index in [9.17, 15) is 0 Å². The Morgan fingerprint density at radius 3 is 2.22 bits per heavy atom. The van der Waals surface area contributed by atoms with Crippen molar-refractivity contribution >= 4 is 0 Å². The van der Waals surface area contributed by atoms with E-state index in [1.54, 1.807) is 14.2 Å². The fourth-order valence-corrected chi connectivity index (χ4v) is 1.87. The first-order valence-corrected chi connectivity index (χ1v) is 6.51. The van der Waals surface area contributed by atoms with Crippen LogP contribution in [0.1, 0.15) is 32.3 Å². The molecule has 0 aromatic heterocycles. The van der Waals surface area contributed by atoms with Crippen LogP contribution in [-0.2, 0) is 0 Å². The third-order valence-corrected chi connectivity index (χ3v) is 2.98. The fourth-order valence-electron chi connectivity index (χ4n) is 1.87.